The second-order valence-electron chi connectivity index (χ2n) is 7.92. The maximum absolute atomic E-state index is 12.6. The molecule has 0 aliphatic heterocycles. The summed E-state index contributed by atoms with van der Waals surface area (Å²) in [5, 5.41) is 1.98. The van der Waals surface area contributed by atoms with Gasteiger partial charge in [0.15, 0.2) is 9.84 Å². The van der Waals surface area contributed by atoms with E-state index in [0.717, 1.165) is 38.8 Å². The summed E-state index contributed by atoms with van der Waals surface area (Å²) in [6.07, 6.45) is 5.33. The average molecular weight is 458 g/mol. The molecular formula is C26H23N3O3S. The van der Waals surface area contributed by atoms with E-state index in [1.807, 2.05) is 54.1 Å². The van der Waals surface area contributed by atoms with Gasteiger partial charge in [0.2, 0.25) is 0 Å². The molecule has 0 aliphatic rings. The molecule has 0 saturated carbocycles. The van der Waals surface area contributed by atoms with Crippen LogP contribution < -0.4 is 4.74 Å². The molecule has 6 nitrogen and oxygen atoms in total. The molecular weight excluding hydrogens is 434 g/mol. The molecule has 3 heterocycles. The number of ether oxygens (including phenoxy) is 1. The van der Waals surface area contributed by atoms with Gasteiger partial charge in [-0.15, -0.1) is 0 Å². The topological polar surface area (TPSA) is 74.1 Å². The molecule has 0 N–H and O–H groups in total. The molecule has 33 heavy (non-hydrogen) atoms. The lowest BCUT2D eigenvalue weighted by Crippen LogP contribution is -2.05. The van der Waals surface area contributed by atoms with Crippen molar-refractivity contribution in [3.8, 4) is 11.4 Å². The van der Waals surface area contributed by atoms with Crippen LogP contribution in [0.25, 0.3) is 27.6 Å². The van der Waals surface area contributed by atoms with Gasteiger partial charge in [0, 0.05) is 40.6 Å². The highest BCUT2D eigenvalue weighted by Gasteiger charge is 2.19. The number of fused-ring (bicyclic) bond motifs is 3. The Morgan fingerprint density at radius 3 is 2.61 bits per heavy atom. The summed E-state index contributed by atoms with van der Waals surface area (Å²) in [5.74, 6) is 0.733. The van der Waals surface area contributed by atoms with Crippen LogP contribution in [0.3, 0.4) is 0 Å². The number of benzene rings is 2. The fourth-order valence-corrected chi connectivity index (χ4v) is 4.93. The van der Waals surface area contributed by atoms with Crippen LogP contribution in [0.4, 0.5) is 0 Å². The van der Waals surface area contributed by atoms with Gasteiger partial charge >= 0.3 is 0 Å². The Bertz CT molecular complexity index is 1580. The van der Waals surface area contributed by atoms with E-state index in [1.54, 1.807) is 37.5 Å². The van der Waals surface area contributed by atoms with Crippen LogP contribution in [0.1, 0.15) is 18.1 Å². The van der Waals surface area contributed by atoms with Crippen molar-refractivity contribution >= 4 is 31.8 Å². The Balaban J connectivity index is 1.76. The van der Waals surface area contributed by atoms with E-state index in [1.165, 1.54) is 0 Å². The number of aryl methyl sites for hydroxylation is 1. The Morgan fingerprint density at radius 2 is 1.82 bits per heavy atom. The third-order valence-electron chi connectivity index (χ3n) is 5.66. The summed E-state index contributed by atoms with van der Waals surface area (Å²) < 4.78 is 33.4. The van der Waals surface area contributed by atoms with Gasteiger partial charge in [-0.25, -0.2) is 13.4 Å². The summed E-state index contributed by atoms with van der Waals surface area (Å²) in [7, 11) is -3.35. The molecule has 0 fully saturated rings. The molecule has 0 atom stereocenters. The van der Waals surface area contributed by atoms with E-state index in [2.05, 4.69) is 11.1 Å². The van der Waals surface area contributed by atoms with Crippen LogP contribution in [-0.2, 0) is 16.4 Å². The Morgan fingerprint density at radius 1 is 0.970 bits per heavy atom. The number of rotatable bonds is 6. The number of aromatic nitrogens is 3. The Hall–Kier alpha value is -3.71. The van der Waals surface area contributed by atoms with Gasteiger partial charge in [-0.2, -0.15) is 0 Å². The summed E-state index contributed by atoms with van der Waals surface area (Å²) in [6, 6.07) is 18.9. The molecule has 2 aromatic carbocycles. The van der Waals surface area contributed by atoms with E-state index in [4.69, 9.17) is 9.72 Å². The number of pyridine rings is 2. The fraction of sp³-hybridized carbons (Fsp3) is 0.154. The predicted molar refractivity (Wildman–Crippen MR) is 130 cm³/mol. The molecule has 0 radical (unpaired) electrons. The Kier molecular flexibility index (Phi) is 5.34. The molecule has 0 amide bonds. The molecule has 166 valence electrons. The summed E-state index contributed by atoms with van der Waals surface area (Å²) in [5.41, 5.74) is 4.32. The first kappa shape index (κ1) is 21.2. The lowest BCUT2D eigenvalue weighted by Gasteiger charge is -2.13. The normalized spacial score (nSPS) is 11.8. The fourth-order valence-electron chi connectivity index (χ4n) is 4.01. The molecule has 7 heteroatoms. The molecule has 0 saturated heterocycles. The van der Waals surface area contributed by atoms with Gasteiger partial charge in [0.05, 0.1) is 16.2 Å². The zero-order valence-electron chi connectivity index (χ0n) is 18.4. The van der Waals surface area contributed by atoms with Gasteiger partial charge < -0.3 is 4.74 Å². The van der Waals surface area contributed by atoms with Crippen molar-refractivity contribution in [3.05, 3.63) is 90.4 Å². The van der Waals surface area contributed by atoms with Crippen molar-refractivity contribution in [2.75, 3.05) is 5.75 Å². The van der Waals surface area contributed by atoms with E-state index in [-0.39, 0.29) is 5.75 Å². The first-order valence-electron chi connectivity index (χ1n) is 10.7. The third-order valence-corrected chi connectivity index (χ3v) is 7.39. The number of hydrogen-bond acceptors (Lipinski definition) is 5. The van der Waals surface area contributed by atoms with Gasteiger partial charge in [-0.1, -0.05) is 31.2 Å². The van der Waals surface area contributed by atoms with Gasteiger partial charge in [0.25, 0.3) is 0 Å². The smallest absolute Gasteiger partial charge is 0.178 e. The van der Waals surface area contributed by atoms with E-state index < -0.39 is 9.84 Å². The van der Waals surface area contributed by atoms with Crippen molar-refractivity contribution in [3.63, 3.8) is 0 Å². The molecule has 0 unspecified atom stereocenters. The minimum absolute atomic E-state index is 0.0422. The second kappa shape index (κ2) is 8.33. The number of para-hydroxylation sites is 1. The zero-order chi connectivity index (χ0) is 23.0. The van der Waals surface area contributed by atoms with Crippen molar-refractivity contribution in [1.29, 1.82) is 0 Å². The van der Waals surface area contributed by atoms with Crippen LogP contribution in [0.5, 0.6) is 5.75 Å². The lowest BCUT2D eigenvalue weighted by molar-refractivity contribution is 0.308. The van der Waals surface area contributed by atoms with Gasteiger partial charge in [-0.3, -0.25) is 9.55 Å². The maximum atomic E-state index is 12.6. The van der Waals surface area contributed by atoms with Crippen LogP contribution in [0.2, 0.25) is 0 Å². The maximum Gasteiger partial charge on any atom is 0.178 e. The number of hydrogen-bond donors (Lipinski definition) is 0. The lowest BCUT2D eigenvalue weighted by atomic mass is 10.1. The number of sulfone groups is 1. The molecule has 0 bridgehead atoms. The van der Waals surface area contributed by atoms with E-state index in [9.17, 15) is 8.42 Å². The van der Waals surface area contributed by atoms with Crippen molar-refractivity contribution < 1.29 is 13.2 Å². The monoisotopic (exact) mass is 457 g/mol. The first-order valence-corrected chi connectivity index (χ1v) is 12.4. The largest absolute Gasteiger partial charge is 0.487 e. The van der Waals surface area contributed by atoms with Crippen molar-refractivity contribution in [2.45, 2.75) is 25.3 Å². The van der Waals surface area contributed by atoms with Crippen LogP contribution in [0, 0.1) is 6.92 Å². The van der Waals surface area contributed by atoms with Crippen LogP contribution in [0.15, 0.2) is 84.1 Å². The molecule has 3 aromatic heterocycles. The third kappa shape index (κ3) is 3.85. The highest BCUT2D eigenvalue weighted by Crippen LogP contribution is 2.37. The minimum atomic E-state index is -3.35. The summed E-state index contributed by atoms with van der Waals surface area (Å²) in [4.78, 5) is 9.16. The van der Waals surface area contributed by atoms with Crippen molar-refractivity contribution in [1.82, 2.24) is 14.5 Å². The van der Waals surface area contributed by atoms with E-state index >= 15 is 0 Å². The highest BCUT2D eigenvalue weighted by molar-refractivity contribution is 7.91. The van der Waals surface area contributed by atoms with Crippen LogP contribution >= 0.6 is 0 Å². The molecule has 0 spiro atoms. The molecule has 5 aromatic rings. The quantitative estimate of drug-likeness (QED) is 0.348. The van der Waals surface area contributed by atoms with E-state index in [0.29, 0.717) is 17.3 Å². The Labute approximate surface area is 192 Å². The first-order chi connectivity index (χ1) is 16.0. The minimum Gasteiger partial charge on any atom is -0.487 e. The highest BCUT2D eigenvalue weighted by atomic mass is 32.2. The average Bonchev–Trinajstić information content (AvgIpc) is 3.17. The predicted octanol–water partition coefficient (Wildman–Crippen LogP) is 5.25. The SMILES string of the molecule is CCS(=O)(=O)c1cccc(-n2c3ncc(C)cc3c3cccc(OCc4cccnc4)c32)c1. The zero-order valence-corrected chi connectivity index (χ0v) is 19.2. The van der Waals surface area contributed by atoms with Crippen LogP contribution in [-0.4, -0.2) is 28.7 Å². The van der Waals surface area contributed by atoms with Crippen molar-refractivity contribution in [2.24, 2.45) is 0 Å². The second-order valence-corrected chi connectivity index (χ2v) is 10.2. The van der Waals surface area contributed by atoms with Gasteiger partial charge in [0.1, 0.15) is 18.0 Å². The molecule has 0 aliphatic carbocycles. The summed E-state index contributed by atoms with van der Waals surface area (Å²) in [6.45, 7) is 4.02. The number of nitrogens with zero attached hydrogens (tertiary/aromatic N) is 3. The summed E-state index contributed by atoms with van der Waals surface area (Å²) >= 11 is 0. The molecule has 5 rings (SSSR count). The van der Waals surface area contributed by atoms with Gasteiger partial charge in [-0.05, 0) is 48.9 Å². The standard InChI is InChI=1S/C26H23N3O3S/c1-3-33(30,31)21-9-4-8-20(14-21)29-25-22(23-13-18(2)15-28-26(23)29)10-5-11-24(25)32-17-19-7-6-12-27-16-19/h4-16H,3,17H2,1-2H3.